The first-order valence-electron chi connectivity index (χ1n) is 8.16. The second-order valence-electron chi connectivity index (χ2n) is 5.70. The van der Waals surface area contributed by atoms with Gasteiger partial charge in [0.25, 0.3) is 0 Å². The van der Waals surface area contributed by atoms with Crippen molar-refractivity contribution in [3.05, 3.63) is 24.3 Å². The molecular formula is C17H25NO4. The Morgan fingerprint density at radius 1 is 1.00 bits per heavy atom. The van der Waals surface area contributed by atoms with E-state index in [4.69, 9.17) is 18.9 Å². The van der Waals surface area contributed by atoms with Gasteiger partial charge in [0.15, 0.2) is 5.79 Å². The van der Waals surface area contributed by atoms with Crippen molar-refractivity contribution in [2.45, 2.75) is 25.6 Å². The summed E-state index contributed by atoms with van der Waals surface area (Å²) in [5, 5.41) is 0. The molecule has 2 aliphatic rings. The first kappa shape index (κ1) is 15.6. The second kappa shape index (κ2) is 7.31. The van der Waals surface area contributed by atoms with Gasteiger partial charge in [0, 0.05) is 32.5 Å². The van der Waals surface area contributed by atoms with Crippen LogP contribution in [0.1, 0.15) is 19.8 Å². The molecule has 0 amide bonds. The molecule has 1 aromatic rings. The molecule has 0 unspecified atom stereocenters. The third kappa shape index (κ3) is 3.91. The van der Waals surface area contributed by atoms with Crippen LogP contribution in [0.4, 0.5) is 0 Å². The largest absolute Gasteiger partial charge is 0.494 e. The molecule has 1 spiro atoms. The number of ether oxygens (including phenoxy) is 4. The molecule has 3 rings (SSSR count). The van der Waals surface area contributed by atoms with Crippen molar-refractivity contribution < 1.29 is 18.9 Å². The average molecular weight is 307 g/mol. The van der Waals surface area contributed by atoms with Crippen LogP contribution in [0.3, 0.4) is 0 Å². The minimum absolute atomic E-state index is 0.285. The molecule has 2 heterocycles. The Labute approximate surface area is 132 Å². The highest BCUT2D eigenvalue weighted by Gasteiger charge is 2.39. The summed E-state index contributed by atoms with van der Waals surface area (Å²) in [6.07, 6.45) is 1.91. The summed E-state index contributed by atoms with van der Waals surface area (Å²) in [5.74, 6) is 1.49. The lowest BCUT2D eigenvalue weighted by molar-refractivity contribution is -0.185. The Morgan fingerprint density at radius 2 is 1.59 bits per heavy atom. The van der Waals surface area contributed by atoms with Crippen molar-refractivity contribution >= 4 is 0 Å². The maximum atomic E-state index is 5.80. The highest BCUT2D eigenvalue weighted by atomic mass is 16.7. The molecule has 0 atom stereocenters. The molecule has 2 saturated heterocycles. The van der Waals surface area contributed by atoms with E-state index in [1.165, 1.54) is 0 Å². The first-order chi connectivity index (χ1) is 10.8. The SMILES string of the molecule is CCOc1ccc(OCCN2CCC3(CC2)OCCO3)cc1. The molecule has 5 nitrogen and oxygen atoms in total. The molecule has 122 valence electrons. The van der Waals surface area contributed by atoms with E-state index in [9.17, 15) is 0 Å². The summed E-state index contributed by atoms with van der Waals surface area (Å²) in [6.45, 7) is 7.78. The Hall–Kier alpha value is -1.30. The van der Waals surface area contributed by atoms with E-state index in [1.807, 2.05) is 31.2 Å². The molecule has 22 heavy (non-hydrogen) atoms. The summed E-state index contributed by atoms with van der Waals surface area (Å²) in [5.41, 5.74) is 0. The summed E-state index contributed by atoms with van der Waals surface area (Å²) < 4.78 is 22.7. The summed E-state index contributed by atoms with van der Waals surface area (Å²) in [6, 6.07) is 7.79. The molecule has 0 aliphatic carbocycles. The fourth-order valence-corrected chi connectivity index (χ4v) is 2.99. The Morgan fingerprint density at radius 3 is 2.18 bits per heavy atom. The van der Waals surface area contributed by atoms with Crippen LogP contribution in [-0.4, -0.2) is 56.7 Å². The number of piperidine rings is 1. The molecule has 5 heteroatoms. The monoisotopic (exact) mass is 307 g/mol. The van der Waals surface area contributed by atoms with Crippen LogP contribution < -0.4 is 9.47 Å². The molecule has 2 aliphatic heterocycles. The Kier molecular flexibility index (Phi) is 5.18. The second-order valence-corrected chi connectivity index (χ2v) is 5.70. The smallest absolute Gasteiger partial charge is 0.170 e. The molecule has 0 radical (unpaired) electrons. The highest BCUT2D eigenvalue weighted by Crippen LogP contribution is 2.31. The van der Waals surface area contributed by atoms with Gasteiger partial charge in [-0.15, -0.1) is 0 Å². The van der Waals surface area contributed by atoms with Gasteiger partial charge in [0.05, 0.1) is 19.8 Å². The summed E-state index contributed by atoms with van der Waals surface area (Å²) in [7, 11) is 0. The minimum atomic E-state index is -0.285. The number of nitrogens with zero attached hydrogens (tertiary/aromatic N) is 1. The van der Waals surface area contributed by atoms with Crippen molar-refractivity contribution in [3.63, 3.8) is 0 Å². The van der Waals surface area contributed by atoms with Crippen LogP contribution >= 0.6 is 0 Å². The maximum absolute atomic E-state index is 5.80. The lowest BCUT2D eigenvalue weighted by Gasteiger charge is -2.37. The first-order valence-corrected chi connectivity index (χ1v) is 8.16. The molecule has 0 N–H and O–H groups in total. The van der Waals surface area contributed by atoms with E-state index in [-0.39, 0.29) is 5.79 Å². The molecule has 1 aromatic carbocycles. The van der Waals surface area contributed by atoms with Crippen molar-refractivity contribution in [1.82, 2.24) is 4.90 Å². The summed E-state index contributed by atoms with van der Waals surface area (Å²) in [4.78, 5) is 2.41. The van der Waals surface area contributed by atoms with Gasteiger partial charge >= 0.3 is 0 Å². The van der Waals surface area contributed by atoms with Crippen LogP contribution in [0.15, 0.2) is 24.3 Å². The molecule has 2 fully saturated rings. The van der Waals surface area contributed by atoms with Gasteiger partial charge in [-0.05, 0) is 31.2 Å². The highest BCUT2D eigenvalue weighted by molar-refractivity contribution is 5.31. The molecule has 0 aromatic heterocycles. The number of rotatable bonds is 6. The third-order valence-corrected chi connectivity index (χ3v) is 4.24. The van der Waals surface area contributed by atoms with Gasteiger partial charge in [-0.3, -0.25) is 4.90 Å². The number of hydrogen-bond acceptors (Lipinski definition) is 5. The van der Waals surface area contributed by atoms with Gasteiger partial charge in [0.2, 0.25) is 0 Å². The van der Waals surface area contributed by atoms with Gasteiger partial charge < -0.3 is 18.9 Å². The van der Waals surface area contributed by atoms with Crippen LogP contribution in [-0.2, 0) is 9.47 Å². The zero-order chi connectivity index (χ0) is 15.3. The average Bonchev–Trinajstić information content (AvgIpc) is 3.00. The zero-order valence-electron chi connectivity index (χ0n) is 13.3. The third-order valence-electron chi connectivity index (χ3n) is 4.24. The van der Waals surface area contributed by atoms with Crippen LogP contribution in [0.5, 0.6) is 11.5 Å². The molecular weight excluding hydrogens is 282 g/mol. The standard InChI is InChI=1S/C17H25NO4/c1-2-19-15-3-5-16(6-4-15)20-12-11-18-9-7-17(8-10-18)21-13-14-22-17/h3-6H,2,7-14H2,1H3. The van der Waals surface area contributed by atoms with Crippen molar-refractivity contribution in [2.75, 3.05) is 46.1 Å². The van der Waals surface area contributed by atoms with Gasteiger partial charge in [-0.2, -0.15) is 0 Å². The van der Waals surface area contributed by atoms with Gasteiger partial charge in [-0.1, -0.05) is 0 Å². The number of likely N-dealkylation sites (tertiary alicyclic amines) is 1. The Balaban J connectivity index is 1.36. The topological polar surface area (TPSA) is 40.2 Å². The molecule has 0 bridgehead atoms. The van der Waals surface area contributed by atoms with Crippen LogP contribution in [0, 0.1) is 0 Å². The zero-order valence-corrected chi connectivity index (χ0v) is 13.3. The normalized spacial score (nSPS) is 21.1. The predicted molar refractivity (Wildman–Crippen MR) is 83.4 cm³/mol. The van der Waals surface area contributed by atoms with E-state index in [0.29, 0.717) is 13.2 Å². The van der Waals surface area contributed by atoms with E-state index in [1.54, 1.807) is 0 Å². The van der Waals surface area contributed by atoms with E-state index in [0.717, 1.165) is 57.2 Å². The number of benzene rings is 1. The van der Waals surface area contributed by atoms with Crippen molar-refractivity contribution in [3.8, 4) is 11.5 Å². The summed E-state index contributed by atoms with van der Waals surface area (Å²) >= 11 is 0. The minimum Gasteiger partial charge on any atom is -0.494 e. The quantitative estimate of drug-likeness (QED) is 0.806. The fourth-order valence-electron chi connectivity index (χ4n) is 2.99. The predicted octanol–water partition coefficient (Wildman–Crippen LogP) is 2.30. The van der Waals surface area contributed by atoms with Crippen LogP contribution in [0.2, 0.25) is 0 Å². The maximum Gasteiger partial charge on any atom is 0.170 e. The van der Waals surface area contributed by atoms with Crippen LogP contribution in [0.25, 0.3) is 0 Å². The number of hydrogen-bond donors (Lipinski definition) is 0. The Bertz CT molecular complexity index is 446. The van der Waals surface area contributed by atoms with E-state index >= 15 is 0 Å². The van der Waals surface area contributed by atoms with E-state index in [2.05, 4.69) is 4.90 Å². The lowest BCUT2D eigenvalue weighted by Crippen LogP contribution is -2.46. The molecule has 0 saturated carbocycles. The van der Waals surface area contributed by atoms with Gasteiger partial charge in [-0.25, -0.2) is 0 Å². The van der Waals surface area contributed by atoms with Gasteiger partial charge in [0.1, 0.15) is 18.1 Å². The van der Waals surface area contributed by atoms with Crippen molar-refractivity contribution in [2.24, 2.45) is 0 Å². The van der Waals surface area contributed by atoms with Crippen molar-refractivity contribution in [1.29, 1.82) is 0 Å². The fraction of sp³-hybridized carbons (Fsp3) is 0.647. The lowest BCUT2D eigenvalue weighted by atomic mass is 10.0. The van der Waals surface area contributed by atoms with E-state index < -0.39 is 0 Å².